The van der Waals surface area contributed by atoms with E-state index in [1.54, 1.807) is 19.1 Å². The molecule has 1 heterocycles. The number of carbonyl (C=O) groups excluding carboxylic acids is 1. The Labute approximate surface area is 99.6 Å². The van der Waals surface area contributed by atoms with Crippen LogP contribution < -0.4 is 16.0 Å². The molecule has 1 fully saturated rings. The van der Waals surface area contributed by atoms with Crippen molar-refractivity contribution in [3.05, 3.63) is 29.6 Å². The Morgan fingerprint density at radius 3 is 3.00 bits per heavy atom. The van der Waals surface area contributed by atoms with Gasteiger partial charge in [-0.2, -0.15) is 0 Å². The van der Waals surface area contributed by atoms with Gasteiger partial charge in [0.05, 0.1) is 0 Å². The van der Waals surface area contributed by atoms with Gasteiger partial charge in [0.1, 0.15) is 5.82 Å². The molecule has 0 unspecified atom stereocenters. The molecule has 0 spiro atoms. The average molecular weight is 237 g/mol. The van der Waals surface area contributed by atoms with Crippen LogP contribution in [0, 0.1) is 12.7 Å². The van der Waals surface area contributed by atoms with Gasteiger partial charge in [-0.05, 0) is 37.6 Å². The minimum atomic E-state index is -0.315. The molecule has 5 heteroatoms. The maximum atomic E-state index is 13.3. The Morgan fingerprint density at radius 1 is 1.53 bits per heavy atom. The molecule has 4 nitrogen and oxygen atoms in total. The molecule has 1 aliphatic heterocycles. The molecule has 92 valence electrons. The third-order valence-corrected chi connectivity index (χ3v) is 2.83. The molecule has 17 heavy (non-hydrogen) atoms. The third kappa shape index (κ3) is 3.17. The van der Waals surface area contributed by atoms with Crippen molar-refractivity contribution in [3.63, 3.8) is 0 Å². The Bertz CT molecular complexity index is 416. The number of hydrogen-bond donors (Lipinski definition) is 3. The molecular formula is C12H16FN3O. The first-order valence-corrected chi connectivity index (χ1v) is 5.69. The maximum Gasteiger partial charge on any atom is 0.319 e. The van der Waals surface area contributed by atoms with Crippen molar-refractivity contribution in [3.8, 4) is 0 Å². The molecule has 1 atom stereocenters. The van der Waals surface area contributed by atoms with Crippen molar-refractivity contribution in [1.29, 1.82) is 0 Å². The van der Waals surface area contributed by atoms with E-state index < -0.39 is 0 Å². The van der Waals surface area contributed by atoms with E-state index in [9.17, 15) is 9.18 Å². The smallest absolute Gasteiger partial charge is 0.319 e. The second-order valence-electron chi connectivity index (χ2n) is 4.25. The van der Waals surface area contributed by atoms with Crippen LogP contribution in [0.5, 0.6) is 0 Å². The van der Waals surface area contributed by atoms with Crippen LogP contribution in [-0.2, 0) is 0 Å². The van der Waals surface area contributed by atoms with E-state index in [0.717, 1.165) is 19.5 Å². The summed E-state index contributed by atoms with van der Waals surface area (Å²) in [6.45, 7) is 3.39. The normalized spacial score (nSPS) is 19.1. The summed E-state index contributed by atoms with van der Waals surface area (Å²) in [4.78, 5) is 11.6. The van der Waals surface area contributed by atoms with E-state index in [1.807, 2.05) is 0 Å². The summed E-state index contributed by atoms with van der Waals surface area (Å²) >= 11 is 0. The number of carbonyl (C=O) groups is 1. The summed E-state index contributed by atoms with van der Waals surface area (Å²) in [5.41, 5.74) is 1.03. The maximum absolute atomic E-state index is 13.3. The minimum absolute atomic E-state index is 0.158. The van der Waals surface area contributed by atoms with Gasteiger partial charge in [-0.1, -0.05) is 6.07 Å². The lowest BCUT2D eigenvalue weighted by Crippen LogP contribution is -2.39. The Hall–Kier alpha value is -1.62. The lowest BCUT2D eigenvalue weighted by molar-refractivity contribution is 0.249. The summed E-state index contributed by atoms with van der Waals surface area (Å²) in [6, 6.07) is 4.52. The molecule has 3 N–H and O–H groups in total. The molecule has 0 aliphatic carbocycles. The van der Waals surface area contributed by atoms with Gasteiger partial charge < -0.3 is 16.0 Å². The highest BCUT2D eigenvalue weighted by Crippen LogP contribution is 2.13. The van der Waals surface area contributed by atoms with Crippen LogP contribution in [0.4, 0.5) is 14.9 Å². The van der Waals surface area contributed by atoms with Gasteiger partial charge in [0.25, 0.3) is 0 Å². The van der Waals surface area contributed by atoms with Crippen LogP contribution in [0.2, 0.25) is 0 Å². The van der Waals surface area contributed by atoms with Crippen LogP contribution in [0.25, 0.3) is 0 Å². The van der Waals surface area contributed by atoms with E-state index in [1.165, 1.54) is 6.07 Å². The number of anilines is 1. The van der Waals surface area contributed by atoms with Crippen LogP contribution in [0.15, 0.2) is 18.2 Å². The highest BCUT2D eigenvalue weighted by molar-refractivity contribution is 5.89. The quantitative estimate of drug-likeness (QED) is 0.732. The molecule has 2 rings (SSSR count). The molecule has 1 aromatic carbocycles. The van der Waals surface area contributed by atoms with Gasteiger partial charge in [-0.3, -0.25) is 0 Å². The number of hydrogen-bond acceptors (Lipinski definition) is 2. The molecule has 1 aliphatic rings. The van der Waals surface area contributed by atoms with Crippen molar-refractivity contribution in [2.45, 2.75) is 19.4 Å². The highest BCUT2D eigenvalue weighted by Gasteiger charge is 2.16. The Morgan fingerprint density at radius 2 is 2.35 bits per heavy atom. The van der Waals surface area contributed by atoms with Crippen LogP contribution in [-0.4, -0.2) is 25.2 Å². The van der Waals surface area contributed by atoms with E-state index in [2.05, 4.69) is 16.0 Å². The van der Waals surface area contributed by atoms with Gasteiger partial charge in [-0.15, -0.1) is 0 Å². The van der Waals surface area contributed by atoms with Crippen LogP contribution >= 0.6 is 0 Å². The number of urea groups is 1. The number of rotatable bonds is 2. The number of nitrogens with one attached hydrogen (secondary N) is 3. The van der Waals surface area contributed by atoms with Crippen molar-refractivity contribution in [2.24, 2.45) is 0 Å². The minimum Gasteiger partial charge on any atom is -0.334 e. The molecule has 1 aromatic rings. The van der Waals surface area contributed by atoms with Gasteiger partial charge >= 0.3 is 6.03 Å². The number of amides is 2. The first-order valence-electron chi connectivity index (χ1n) is 5.69. The highest BCUT2D eigenvalue weighted by atomic mass is 19.1. The summed E-state index contributed by atoms with van der Waals surface area (Å²) in [6.07, 6.45) is 0.926. The average Bonchev–Trinajstić information content (AvgIpc) is 2.76. The second-order valence-corrected chi connectivity index (χ2v) is 4.25. The van der Waals surface area contributed by atoms with Crippen LogP contribution in [0.3, 0.4) is 0 Å². The summed E-state index contributed by atoms with van der Waals surface area (Å²) in [5, 5.41) is 8.60. The van der Waals surface area contributed by atoms with Gasteiger partial charge in [-0.25, -0.2) is 9.18 Å². The van der Waals surface area contributed by atoms with E-state index >= 15 is 0 Å². The summed E-state index contributed by atoms with van der Waals surface area (Å²) < 4.78 is 13.3. The predicted octanol–water partition coefficient (Wildman–Crippen LogP) is 1.62. The Balaban J connectivity index is 1.90. The predicted molar refractivity (Wildman–Crippen MR) is 64.6 cm³/mol. The summed E-state index contributed by atoms with van der Waals surface area (Å²) in [7, 11) is 0. The lowest BCUT2D eigenvalue weighted by Gasteiger charge is -2.12. The first kappa shape index (κ1) is 11.9. The van der Waals surface area contributed by atoms with E-state index in [0.29, 0.717) is 11.3 Å². The molecule has 0 radical (unpaired) electrons. The zero-order chi connectivity index (χ0) is 12.3. The SMILES string of the molecule is Cc1ccc(NC(=O)N[C@H]2CCNC2)cc1F. The van der Waals surface area contributed by atoms with E-state index in [4.69, 9.17) is 0 Å². The molecular weight excluding hydrogens is 221 g/mol. The van der Waals surface area contributed by atoms with Gasteiger partial charge in [0, 0.05) is 18.3 Å². The third-order valence-electron chi connectivity index (χ3n) is 2.83. The largest absolute Gasteiger partial charge is 0.334 e. The van der Waals surface area contributed by atoms with Crippen LogP contribution in [0.1, 0.15) is 12.0 Å². The number of halogens is 1. The van der Waals surface area contributed by atoms with Crippen molar-refractivity contribution in [2.75, 3.05) is 18.4 Å². The zero-order valence-electron chi connectivity index (χ0n) is 9.72. The number of benzene rings is 1. The molecule has 1 saturated heterocycles. The van der Waals surface area contributed by atoms with Gasteiger partial charge in [0.2, 0.25) is 0 Å². The fourth-order valence-electron chi connectivity index (χ4n) is 1.80. The zero-order valence-corrected chi connectivity index (χ0v) is 9.72. The van der Waals surface area contributed by atoms with Crippen molar-refractivity contribution < 1.29 is 9.18 Å². The fourth-order valence-corrected chi connectivity index (χ4v) is 1.80. The lowest BCUT2D eigenvalue weighted by atomic mass is 10.2. The standard InChI is InChI=1S/C12H16FN3O/c1-8-2-3-9(6-11(8)13)15-12(17)16-10-4-5-14-7-10/h2-3,6,10,14H,4-5,7H2,1H3,(H2,15,16,17)/t10-/m0/s1. The number of aryl methyl sites for hydroxylation is 1. The molecule has 0 aromatic heterocycles. The first-order chi connectivity index (χ1) is 8.15. The van der Waals surface area contributed by atoms with Gasteiger partial charge in [0.15, 0.2) is 0 Å². The van der Waals surface area contributed by atoms with Crippen molar-refractivity contribution in [1.82, 2.24) is 10.6 Å². The van der Waals surface area contributed by atoms with Crippen molar-refractivity contribution >= 4 is 11.7 Å². The monoisotopic (exact) mass is 237 g/mol. The molecule has 0 saturated carbocycles. The second kappa shape index (κ2) is 5.14. The fraction of sp³-hybridized carbons (Fsp3) is 0.417. The molecule has 2 amide bonds. The molecule has 0 bridgehead atoms. The Kier molecular flexibility index (Phi) is 3.58. The van der Waals surface area contributed by atoms with E-state index in [-0.39, 0.29) is 17.9 Å². The summed E-state index contributed by atoms with van der Waals surface area (Å²) in [5.74, 6) is -0.315. The topological polar surface area (TPSA) is 53.2 Å².